The van der Waals surface area contributed by atoms with Crippen molar-refractivity contribution < 1.29 is 86.5 Å². The van der Waals surface area contributed by atoms with Crippen molar-refractivity contribution in [2.75, 3.05) is 13.2 Å². The molecule has 3 aliphatic heterocycles. The number of hydrogen-bond acceptors (Lipinski definition) is 17. The summed E-state index contributed by atoms with van der Waals surface area (Å²) in [4.78, 5) is 11.9. The number of carbonyl (C=O) groups excluding carboxylic acids is 1. The van der Waals surface area contributed by atoms with E-state index in [9.17, 15) is 54.1 Å². The molecule has 234 valence electrons. The second kappa shape index (κ2) is 13.4. The Morgan fingerprint density at radius 3 is 1.90 bits per heavy atom. The Morgan fingerprint density at radius 2 is 1.35 bits per heavy atom. The molecule has 3 heterocycles. The van der Waals surface area contributed by atoms with E-state index in [0.717, 1.165) is 6.92 Å². The third-order valence-electron chi connectivity index (χ3n) is 6.66. The van der Waals surface area contributed by atoms with Crippen LogP contribution in [0.15, 0.2) is 0 Å². The second-order valence-electron chi connectivity index (χ2n) is 9.55. The van der Waals surface area contributed by atoms with Crippen molar-refractivity contribution in [3.05, 3.63) is 0 Å². The summed E-state index contributed by atoms with van der Waals surface area (Å²) in [6.07, 6.45) is -24.5. The van der Waals surface area contributed by atoms with Crippen molar-refractivity contribution in [3.8, 4) is 0 Å². The molecule has 40 heavy (non-hydrogen) atoms. The van der Waals surface area contributed by atoms with Gasteiger partial charge in [-0.1, -0.05) is 0 Å². The van der Waals surface area contributed by atoms with Crippen molar-refractivity contribution in [1.29, 1.82) is 0 Å². The third-order valence-corrected chi connectivity index (χ3v) is 7.13. The molecule has 0 aromatic carbocycles. The maximum Gasteiger partial charge on any atom is 0.397 e. The molecule has 10 N–H and O–H groups in total. The molecule has 1 amide bonds. The maximum atomic E-state index is 11.9. The Bertz CT molecular complexity index is 956. The molecule has 3 saturated heterocycles. The SMILES string of the molecule is CC(=O)N[C@@H]1[C@@H](O[C@@H]2O[C@@H](C)[C@@H](O)[C@@H](O)[C@@H]2O)[C@H](O[C@@H]2O[C@H](CO)[C@H](O)[C@H](OS(=O)(=O)O)[C@H]2O)[C@@H](CO)O[C@H]1O. The lowest BCUT2D eigenvalue weighted by atomic mass is 9.94. The van der Waals surface area contributed by atoms with Gasteiger partial charge in [-0.2, -0.15) is 8.42 Å². The van der Waals surface area contributed by atoms with E-state index in [1.165, 1.54) is 6.92 Å². The Balaban J connectivity index is 1.97. The molecule has 0 bridgehead atoms. The van der Waals surface area contributed by atoms with Crippen LogP contribution in [0.1, 0.15) is 13.8 Å². The predicted octanol–water partition coefficient (Wildman–Crippen LogP) is -6.57. The minimum Gasteiger partial charge on any atom is -0.394 e. The fourth-order valence-electron chi connectivity index (χ4n) is 4.64. The van der Waals surface area contributed by atoms with Gasteiger partial charge in [0, 0.05) is 6.92 Å². The Hall–Kier alpha value is -1.18. The molecule has 0 aliphatic carbocycles. The van der Waals surface area contributed by atoms with Crippen LogP contribution in [0, 0.1) is 0 Å². The van der Waals surface area contributed by atoms with Gasteiger partial charge in [-0.3, -0.25) is 9.35 Å². The molecule has 3 fully saturated rings. The quantitative estimate of drug-likeness (QED) is 0.109. The van der Waals surface area contributed by atoms with Crippen molar-refractivity contribution >= 4 is 16.3 Å². The van der Waals surface area contributed by atoms with E-state index < -0.39 is 122 Å². The number of hydrogen-bond donors (Lipinski definition) is 10. The van der Waals surface area contributed by atoms with E-state index >= 15 is 0 Å². The molecule has 0 spiro atoms. The highest BCUT2D eigenvalue weighted by Crippen LogP contribution is 2.33. The van der Waals surface area contributed by atoms with Crippen LogP contribution in [0.2, 0.25) is 0 Å². The van der Waals surface area contributed by atoms with Gasteiger partial charge in [0.25, 0.3) is 0 Å². The smallest absolute Gasteiger partial charge is 0.394 e. The van der Waals surface area contributed by atoms with Gasteiger partial charge >= 0.3 is 10.4 Å². The summed E-state index contributed by atoms with van der Waals surface area (Å²) in [6.45, 7) is 0.591. The van der Waals surface area contributed by atoms with Gasteiger partial charge < -0.3 is 69.9 Å². The number of nitrogens with one attached hydrogen (secondary N) is 1. The van der Waals surface area contributed by atoms with Crippen molar-refractivity contribution in [1.82, 2.24) is 5.32 Å². The fourth-order valence-corrected chi connectivity index (χ4v) is 5.15. The molecule has 19 nitrogen and oxygen atoms in total. The Morgan fingerprint density at radius 1 is 0.775 bits per heavy atom. The van der Waals surface area contributed by atoms with Crippen molar-refractivity contribution in [3.63, 3.8) is 0 Å². The fraction of sp³-hybridized carbons (Fsp3) is 0.950. The van der Waals surface area contributed by atoms with Gasteiger partial charge in [0.2, 0.25) is 5.91 Å². The summed E-state index contributed by atoms with van der Waals surface area (Å²) in [6, 6.07) is -1.52. The summed E-state index contributed by atoms with van der Waals surface area (Å²) in [5.41, 5.74) is 0. The molecule has 0 aromatic rings. The van der Waals surface area contributed by atoms with Crippen LogP contribution >= 0.6 is 0 Å². The number of carbonyl (C=O) groups is 1. The predicted molar refractivity (Wildman–Crippen MR) is 122 cm³/mol. The first-order chi connectivity index (χ1) is 18.6. The van der Waals surface area contributed by atoms with Gasteiger partial charge in [-0.25, -0.2) is 4.18 Å². The van der Waals surface area contributed by atoms with Gasteiger partial charge in [0.1, 0.15) is 67.1 Å². The topological polar surface area (TPSA) is 301 Å². The minimum absolute atomic E-state index is 0.713. The average Bonchev–Trinajstić information content (AvgIpc) is 2.87. The van der Waals surface area contributed by atoms with Crippen molar-refractivity contribution in [2.24, 2.45) is 0 Å². The summed E-state index contributed by atoms with van der Waals surface area (Å²) >= 11 is 0. The van der Waals surface area contributed by atoms with E-state index in [0.29, 0.717) is 0 Å². The molecule has 15 atom stereocenters. The maximum absolute atomic E-state index is 11.9. The molecule has 3 aliphatic rings. The zero-order chi connectivity index (χ0) is 30.1. The van der Waals surface area contributed by atoms with Crippen LogP contribution in [0.5, 0.6) is 0 Å². The Labute approximate surface area is 227 Å². The highest BCUT2D eigenvalue weighted by Gasteiger charge is 2.55. The summed E-state index contributed by atoms with van der Waals surface area (Å²) in [7, 11) is -5.24. The standard InChI is InChI=1S/C20H35NO18S/c1-5-10(25)12(27)13(28)19(34-5)38-16-9(21-6(2)24)18(30)35-8(4-23)15(16)37-20-14(29)17(39-40(31,32)33)11(26)7(3-22)36-20/h5,7-20,22-23,25-30H,3-4H2,1-2H3,(H,21,24)(H,31,32,33)/t5-,7+,8+,9+,10+,11-,12+,13-,14+,15+,16+,17-,18+,19-,20-/m0/s1. The number of rotatable bonds is 9. The molecule has 0 saturated carbocycles. The molecular formula is C20H35NO18S. The van der Waals surface area contributed by atoms with E-state index in [1.54, 1.807) is 0 Å². The molecule has 0 aromatic heterocycles. The molecule has 0 radical (unpaired) electrons. The van der Waals surface area contributed by atoms with Gasteiger partial charge in [0.05, 0.1) is 19.3 Å². The minimum atomic E-state index is -5.24. The van der Waals surface area contributed by atoms with Crippen molar-refractivity contribution in [2.45, 2.75) is 106 Å². The van der Waals surface area contributed by atoms with Gasteiger partial charge in [-0.15, -0.1) is 0 Å². The molecule has 20 heteroatoms. The van der Waals surface area contributed by atoms with E-state index in [1.807, 2.05) is 0 Å². The van der Waals surface area contributed by atoms with Crippen LogP contribution in [0.25, 0.3) is 0 Å². The zero-order valence-electron chi connectivity index (χ0n) is 21.2. The second-order valence-corrected chi connectivity index (χ2v) is 10.6. The number of ether oxygens (including phenoxy) is 5. The summed E-state index contributed by atoms with van der Waals surface area (Å²) < 4.78 is 63.6. The third kappa shape index (κ3) is 7.42. The van der Waals surface area contributed by atoms with Crippen LogP contribution in [-0.4, -0.2) is 165 Å². The molecule has 0 unspecified atom stereocenters. The Kier molecular flexibility index (Phi) is 11.2. The number of aliphatic hydroxyl groups is 8. The first kappa shape index (κ1) is 33.3. The largest absolute Gasteiger partial charge is 0.397 e. The van der Waals surface area contributed by atoms with E-state index in [2.05, 4.69) is 9.50 Å². The molecule has 3 rings (SSSR count). The monoisotopic (exact) mass is 609 g/mol. The first-order valence-corrected chi connectivity index (χ1v) is 13.5. The lowest BCUT2D eigenvalue weighted by Gasteiger charge is -2.49. The van der Waals surface area contributed by atoms with Crippen LogP contribution in [0.3, 0.4) is 0 Å². The van der Waals surface area contributed by atoms with Crippen LogP contribution < -0.4 is 5.32 Å². The lowest BCUT2D eigenvalue weighted by Crippen LogP contribution is -2.69. The normalized spacial score (nSPS) is 46.6. The van der Waals surface area contributed by atoms with Gasteiger partial charge in [0.15, 0.2) is 18.9 Å². The molecular weight excluding hydrogens is 574 g/mol. The highest BCUT2D eigenvalue weighted by molar-refractivity contribution is 7.80. The number of amides is 1. The van der Waals surface area contributed by atoms with Crippen LogP contribution in [-0.2, 0) is 43.1 Å². The highest BCUT2D eigenvalue weighted by atomic mass is 32.3. The number of aliphatic hydroxyl groups excluding tert-OH is 8. The summed E-state index contributed by atoms with van der Waals surface area (Å²) in [5, 5.41) is 84.0. The van der Waals surface area contributed by atoms with E-state index in [4.69, 9.17) is 28.2 Å². The zero-order valence-corrected chi connectivity index (χ0v) is 22.0. The average molecular weight is 610 g/mol. The van der Waals surface area contributed by atoms with Crippen LogP contribution in [0.4, 0.5) is 0 Å². The first-order valence-electron chi connectivity index (χ1n) is 12.1. The lowest BCUT2D eigenvalue weighted by molar-refractivity contribution is -0.369. The van der Waals surface area contributed by atoms with E-state index in [-0.39, 0.29) is 0 Å². The van der Waals surface area contributed by atoms with Gasteiger partial charge in [-0.05, 0) is 6.92 Å². The summed E-state index contributed by atoms with van der Waals surface area (Å²) in [5.74, 6) is -0.713.